The van der Waals surface area contributed by atoms with Gasteiger partial charge in [0, 0.05) is 10.9 Å². The molecule has 0 atom stereocenters. The fourth-order valence-electron chi connectivity index (χ4n) is 2.71. The van der Waals surface area contributed by atoms with Gasteiger partial charge in [0.2, 0.25) is 0 Å². The summed E-state index contributed by atoms with van der Waals surface area (Å²) in [5.41, 5.74) is 2.94. The van der Waals surface area contributed by atoms with Gasteiger partial charge in [-0.1, -0.05) is 48.5 Å². The fraction of sp³-hybridized carbons (Fsp3) is 0.182. The molecule has 1 heterocycles. The summed E-state index contributed by atoms with van der Waals surface area (Å²) < 4.78 is 10.8. The number of carbonyl (C=O) groups excluding carboxylic acids is 2. The van der Waals surface area contributed by atoms with E-state index in [0.29, 0.717) is 16.3 Å². The predicted octanol–water partition coefficient (Wildman–Crippen LogP) is 4.92. The lowest BCUT2D eigenvalue weighted by atomic mass is 10.0. The number of hydrogen-bond donors (Lipinski definition) is 1. The van der Waals surface area contributed by atoms with Crippen molar-refractivity contribution in [1.82, 2.24) is 0 Å². The molecule has 1 aromatic heterocycles. The molecule has 0 unspecified atom stereocenters. The van der Waals surface area contributed by atoms with Gasteiger partial charge in [-0.15, -0.1) is 11.3 Å². The van der Waals surface area contributed by atoms with Gasteiger partial charge >= 0.3 is 5.97 Å². The Kier molecular flexibility index (Phi) is 6.45. The predicted molar refractivity (Wildman–Crippen MR) is 111 cm³/mol. The maximum absolute atomic E-state index is 12.5. The fourth-order valence-corrected chi connectivity index (χ4v) is 3.68. The summed E-state index contributed by atoms with van der Waals surface area (Å²) in [6, 6.07) is 17.0. The van der Waals surface area contributed by atoms with Gasteiger partial charge in [-0.2, -0.15) is 0 Å². The Morgan fingerprint density at radius 3 is 2.46 bits per heavy atom. The second-order valence-corrected chi connectivity index (χ2v) is 6.92. The lowest BCUT2D eigenvalue weighted by Crippen LogP contribution is -2.21. The Morgan fingerprint density at radius 2 is 1.75 bits per heavy atom. The lowest BCUT2D eigenvalue weighted by molar-refractivity contribution is -0.118. The monoisotopic (exact) mass is 395 g/mol. The van der Waals surface area contributed by atoms with Gasteiger partial charge in [0.25, 0.3) is 5.91 Å². The summed E-state index contributed by atoms with van der Waals surface area (Å²) in [4.78, 5) is 24.9. The Hall–Kier alpha value is -3.12. The first-order valence-corrected chi connectivity index (χ1v) is 9.80. The van der Waals surface area contributed by atoms with E-state index < -0.39 is 5.97 Å². The Balaban J connectivity index is 1.79. The Bertz CT molecular complexity index is 966. The summed E-state index contributed by atoms with van der Waals surface area (Å²) in [5, 5.41) is 5.08. The summed E-state index contributed by atoms with van der Waals surface area (Å²) in [6.07, 6.45) is 0. The number of ether oxygens (including phenoxy) is 2. The van der Waals surface area contributed by atoms with E-state index in [1.807, 2.05) is 66.9 Å². The molecule has 0 radical (unpaired) electrons. The van der Waals surface area contributed by atoms with Crippen LogP contribution in [0.15, 0.2) is 60.0 Å². The van der Waals surface area contributed by atoms with Crippen molar-refractivity contribution in [3.63, 3.8) is 0 Å². The molecular formula is C22H21NO4S. The van der Waals surface area contributed by atoms with Crippen LogP contribution in [0.25, 0.3) is 11.1 Å². The number of benzene rings is 2. The highest BCUT2D eigenvalue weighted by Gasteiger charge is 2.22. The SMILES string of the molecule is CCOC(=O)c1c(-c2ccccc2)csc1NC(=O)COc1ccccc1C. The second-order valence-electron chi connectivity index (χ2n) is 6.04. The van der Waals surface area contributed by atoms with Crippen LogP contribution in [0.5, 0.6) is 5.75 Å². The van der Waals surface area contributed by atoms with E-state index in [4.69, 9.17) is 9.47 Å². The van der Waals surface area contributed by atoms with E-state index in [-0.39, 0.29) is 19.1 Å². The molecule has 0 saturated carbocycles. The van der Waals surface area contributed by atoms with E-state index >= 15 is 0 Å². The maximum atomic E-state index is 12.5. The minimum absolute atomic E-state index is 0.147. The Morgan fingerprint density at radius 1 is 1.04 bits per heavy atom. The molecule has 0 saturated heterocycles. The number of amides is 1. The third kappa shape index (κ3) is 4.58. The molecule has 0 fully saturated rings. The van der Waals surface area contributed by atoms with Crippen molar-refractivity contribution in [3.05, 3.63) is 71.1 Å². The Labute approximate surface area is 167 Å². The summed E-state index contributed by atoms with van der Waals surface area (Å²) in [6.45, 7) is 3.77. The van der Waals surface area contributed by atoms with Gasteiger partial charge in [-0.05, 0) is 31.0 Å². The van der Waals surface area contributed by atoms with E-state index in [9.17, 15) is 9.59 Å². The van der Waals surface area contributed by atoms with Gasteiger partial charge in [0.15, 0.2) is 6.61 Å². The molecule has 0 aliphatic rings. The molecule has 0 bridgehead atoms. The number of nitrogens with one attached hydrogen (secondary N) is 1. The largest absolute Gasteiger partial charge is 0.483 e. The van der Waals surface area contributed by atoms with Gasteiger partial charge in [0.1, 0.15) is 16.3 Å². The van der Waals surface area contributed by atoms with Crippen LogP contribution >= 0.6 is 11.3 Å². The first-order valence-electron chi connectivity index (χ1n) is 8.92. The van der Waals surface area contributed by atoms with Crippen molar-refractivity contribution in [2.24, 2.45) is 0 Å². The summed E-state index contributed by atoms with van der Waals surface area (Å²) in [5.74, 6) is -0.146. The van der Waals surface area contributed by atoms with Crippen LogP contribution in [0.2, 0.25) is 0 Å². The number of para-hydroxylation sites is 1. The van der Waals surface area contributed by atoms with Crippen molar-refractivity contribution in [1.29, 1.82) is 0 Å². The van der Waals surface area contributed by atoms with E-state index in [0.717, 1.165) is 16.7 Å². The standard InChI is InChI=1S/C22H21NO4S/c1-3-26-22(25)20-17(16-10-5-4-6-11-16)14-28-21(20)23-19(24)13-27-18-12-8-7-9-15(18)2/h4-12,14H,3,13H2,1-2H3,(H,23,24). The lowest BCUT2D eigenvalue weighted by Gasteiger charge is -2.10. The number of carbonyl (C=O) groups is 2. The van der Waals surface area contributed by atoms with E-state index in [1.165, 1.54) is 11.3 Å². The zero-order valence-electron chi connectivity index (χ0n) is 15.7. The van der Waals surface area contributed by atoms with Crippen LogP contribution in [0.1, 0.15) is 22.8 Å². The van der Waals surface area contributed by atoms with Crippen LogP contribution in [0.3, 0.4) is 0 Å². The highest BCUT2D eigenvalue weighted by atomic mass is 32.1. The molecule has 1 N–H and O–H groups in total. The molecule has 1 amide bonds. The number of hydrogen-bond acceptors (Lipinski definition) is 5. The molecular weight excluding hydrogens is 374 g/mol. The van der Waals surface area contributed by atoms with Crippen LogP contribution < -0.4 is 10.1 Å². The quantitative estimate of drug-likeness (QED) is 0.577. The van der Waals surface area contributed by atoms with Crippen LogP contribution in [-0.2, 0) is 9.53 Å². The van der Waals surface area contributed by atoms with Crippen molar-refractivity contribution < 1.29 is 19.1 Å². The molecule has 144 valence electrons. The number of rotatable bonds is 7. The van der Waals surface area contributed by atoms with Gasteiger partial charge in [-0.25, -0.2) is 4.79 Å². The van der Waals surface area contributed by atoms with Crippen LogP contribution in [0.4, 0.5) is 5.00 Å². The van der Waals surface area contributed by atoms with E-state index in [2.05, 4.69) is 5.32 Å². The molecule has 6 heteroatoms. The first-order chi connectivity index (χ1) is 13.6. The van der Waals surface area contributed by atoms with Crippen molar-refractivity contribution in [3.8, 4) is 16.9 Å². The average molecular weight is 395 g/mol. The second kappa shape index (κ2) is 9.19. The topological polar surface area (TPSA) is 64.6 Å². The van der Waals surface area contributed by atoms with Crippen LogP contribution in [-0.4, -0.2) is 25.1 Å². The van der Waals surface area contributed by atoms with Gasteiger partial charge in [0.05, 0.1) is 6.61 Å². The number of thiophene rings is 1. The van der Waals surface area contributed by atoms with Crippen molar-refractivity contribution in [2.75, 3.05) is 18.5 Å². The first kappa shape index (κ1) is 19.6. The third-order valence-corrected chi connectivity index (χ3v) is 4.96. The summed E-state index contributed by atoms with van der Waals surface area (Å²) >= 11 is 1.29. The third-order valence-electron chi connectivity index (χ3n) is 4.06. The van der Waals surface area contributed by atoms with Crippen molar-refractivity contribution in [2.45, 2.75) is 13.8 Å². The smallest absolute Gasteiger partial charge is 0.341 e. The molecule has 0 aliphatic heterocycles. The molecule has 2 aromatic carbocycles. The van der Waals surface area contributed by atoms with Crippen LogP contribution in [0, 0.1) is 6.92 Å². The number of esters is 1. The van der Waals surface area contributed by atoms with E-state index in [1.54, 1.807) is 6.92 Å². The minimum atomic E-state index is -0.460. The minimum Gasteiger partial charge on any atom is -0.483 e. The number of aryl methyl sites for hydroxylation is 1. The molecule has 0 aliphatic carbocycles. The normalized spacial score (nSPS) is 10.4. The molecule has 3 aromatic rings. The molecule has 5 nitrogen and oxygen atoms in total. The highest BCUT2D eigenvalue weighted by Crippen LogP contribution is 2.36. The molecule has 28 heavy (non-hydrogen) atoms. The summed E-state index contributed by atoms with van der Waals surface area (Å²) in [7, 11) is 0. The van der Waals surface area contributed by atoms with Crippen molar-refractivity contribution >= 4 is 28.2 Å². The average Bonchev–Trinajstić information content (AvgIpc) is 3.12. The zero-order valence-corrected chi connectivity index (χ0v) is 16.5. The van der Waals surface area contributed by atoms with Gasteiger partial charge in [-0.3, -0.25) is 4.79 Å². The van der Waals surface area contributed by atoms with Gasteiger partial charge < -0.3 is 14.8 Å². The number of anilines is 1. The molecule has 3 rings (SSSR count). The highest BCUT2D eigenvalue weighted by molar-refractivity contribution is 7.15. The maximum Gasteiger partial charge on any atom is 0.341 e. The molecule has 0 spiro atoms. The zero-order chi connectivity index (χ0) is 19.9.